The van der Waals surface area contributed by atoms with Gasteiger partial charge in [0.25, 0.3) is 11.6 Å². The zero-order valence-electron chi connectivity index (χ0n) is 15.8. The molecule has 0 bridgehead atoms. The monoisotopic (exact) mass is 383 g/mol. The Balaban J connectivity index is 1.43. The number of hydrogen-bond donors (Lipinski definition) is 1. The summed E-state index contributed by atoms with van der Waals surface area (Å²) in [5.41, 5.74) is 1.86. The Hall–Kier alpha value is -2.74. The van der Waals surface area contributed by atoms with Crippen molar-refractivity contribution in [3.8, 4) is 11.3 Å². The van der Waals surface area contributed by atoms with Crippen molar-refractivity contribution in [2.24, 2.45) is 0 Å². The minimum Gasteiger partial charge on any atom is -0.336 e. The minimum atomic E-state index is -0.436. The lowest BCUT2D eigenvalue weighted by atomic mass is 9.94. The van der Waals surface area contributed by atoms with Crippen LogP contribution in [0.3, 0.4) is 0 Å². The molecule has 2 aliphatic rings. The molecule has 1 aliphatic carbocycles. The zero-order valence-corrected chi connectivity index (χ0v) is 15.8. The average molecular weight is 383 g/mol. The summed E-state index contributed by atoms with van der Waals surface area (Å²) in [4.78, 5) is 27.9. The molecule has 28 heavy (non-hydrogen) atoms. The highest BCUT2D eigenvalue weighted by molar-refractivity contribution is 5.99. The molecule has 4 rings (SSSR count). The lowest BCUT2D eigenvalue weighted by Crippen LogP contribution is -2.52. The molecule has 1 aromatic carbocycles. The number of non-ortho nitro benzene ring substituents is 1. The number of piperazine rings is 1. The molecule has 1 saturated carbocycles. The lowest BCUT2D eigenvalue weighted by molar-refractivity contribution is -0.384. The molecular formula is C20H25N5O3. The van der Waals surface area contributed by atoms with Crippen LogP contribution >= 0.6 is 0 Å². The number of H-pyrrole nitrogens is 1. The van der Waals surface area contributed by atoms with Gasteiger partial charge < -0.3 is 4.90 Å². The van der Waals surface area contributed by atoms with Crippen LogP contribution in [0.5, 0.6) is 0 Å². The topological polar surface area (TPSA) is 95.4 Å². The van der Waals surface area contributed by atoms with Crippen LogP contribution in [-0.2, 0) is 0 Å². The highest BCUT2D eigenvalue weighted by atomic mass is 16.6. The van der Waals surface area contributed by atoms with Crippen molar-refractivity contribution in [3.63, 3.8) is 0 Å². The second-order valence-electron chi connectivity index (χ2n) is 7.58. The molecule has 0 unspecified atom stereocenters. The van der Waals surface area contributed by atoms with Gasteiger partial charge in [-0.2, -0.15) is 5.10 Å². The third-order valence-electron chi connectivity index (χ3n) is 5.93. The van der Waals surface area contributed by atoms with Gasteiger partial charge in [-0.25, -0.2) is 0 Å². The Morgan fingerprint density at radius 1 is 1.07 bits per heavy atom. The average Bonchev–Trinajstić information content (AvgIpc) is 3.24. The first-order valence-corrected chi connectivity index (χ1v) is 9.95. The van der Waals surface area contributed by atoms with Gasteiger partial charge in [-0.05, 0) is 25.0 Å². The maximum Gasteiger partial charge on any atom is 0.269 e. The fraction of sp³-hybridized carbons (Fsp3) is 0.500. The Morgan fingerprint density at radius 2 is 1.75 bits per heavy atom. The molecule has 1 aromatic heterocycles. The van der Waals surface area contributed by atoms with E-state index >= 15 is 0 Å². The third kappa shape index (κ3) is 3.77. The van der Waals surface area contributed by atoms with Gasteiger partial charge in [0, 0.05) is 49.9 Å². The van der Waals surface area contributed by atoms with E-state index in [9.17, 15) is 14.9 Å². The zero-order chi connectivity index (χ0) is 19.5. The fourth-order valence-corrected chi connectivity index (χ4v) is 4.32. The Kier molecular flexibility index (Phi) is 5.38. The second-order valence-corrected chi connectivity index (χ2v) is 7.58. The van der Waals surface area contributed by atoms with E-state index in [-0.39, 0.29) is 11.6 Å². The van der Waals surface area contributed by atoms with E-state index < -0.39 is 4.92 Å². The predicted octanol–water partition coefficient (Wildman–Crippen LogP) is 3.08. The number of nitro benzene ring substituents is 1. The van der Waals surface area contributed by atoms with Gasteiger partial charge in [0.1, 0.15) is 0 Å². The molecule has 8 heteroatoms. The molecule has 148 valence electrons. The number of carbonyl (C=O) groups is 1. The molecule has 2 fully saturated rings. The number of amides is 1. The van der Waals surface area contributed by atoms with Gasteiger partial charge in [-0.3, -0.25) is 24.9 Å². The minimum absolute atomic E-state index is 0.0231. The fourth-order valence-electron chi connectivity index (χ4n) is 4.32. The van der Waals surface area contributed by atoms with Crippen molar-refractivity contribution < 1.29 is 9.72 Å². The summed E-state index contributed by atoms with van der Waals surface area (Å²) in [6.45, 7) is 3.28. The van der Waals surface area contributed by atoms with E-state index in [4.69, 9.17) is 0 Å². The number of nitrogens with one attached hydrogen (secondary N) is 1. The van der Waals surface area contributed by atoms with E-state index in [1.807, 2.05) is 4.90 Å². The number of nitro groups is 1. The van der Waals surface area contributed by atoms with E-state index in [1.54, 1.807) is 18.3 Å². The highest BCUT2D eigenvalue weighted by Gasteiger charge is 2.29. The molecule has 1 amide bonds. The summed E-state index contributed by atoms with van der Waals surface area (Å²) in [6, 6.07) is 6.84. The standard InChI is InChI=1S/C20H25N5O3/c26-20(24-12-10-23(11-13-24)16-4-2-1-3-5-16)18-14-21-22-19(18)15-6-8-17(9-7-15)25(27)28/h6-9,14,16H,1-5,10-13H2,(H,21,22). The Bertz CT molecular complexity index is 834. The van der Waals surface area contributed by atoms with Gasteiger partial charge in [0.05, 0.1) is 22.4 Å². The second kappa shape index (κ2) is 8.10. The SMILES string of the molecule is O=C(c1cn[nH]c1-c1ccc([N+](=O)[O-])cc1)N1CCN(C2CCCCC2)CC1. The van der Waals surface area contributed by atoms with Crippen LogP contribution in [0.15, 0.2) is 30.5 Å². The van der Waals surface area contributed by atoms with Gasteiger partial charge in [0.15, 0.2) is 0 Å². The summed E-state index contributed by atoms with van der Waals surface area (Å²) in [5.74, 6) is -0.0367. The molecular weight excluding hydrogens is 358 g/mol. The maximum absolute atomic E-state index is 13.1. The smallest absolute Gasteiger partial charge is 0.269 e. The number of benzene rings is 1. The van der Waals surface area contributed by atoms with Crippen molar-refractivity contribution in [1.29, 1.82) is 0 Å². The summed E-state index contributed by atoms with van der Waals surface area (Å²) < 4.78 is 0. The van der Waals surface area contributed by atoms with Gasteiger partial charge >= 0.3 is 0 Å². The number of aromatic amines is 1. The predicted molar refractivity (Wildman–Crippen MR) is 105 cm³/mol. The lowest BCUT2D eigenvalue weighted by Gasteiger charge is -2.40. The molecule has 1 aliphatic heterocycles. The first kappa shape index (κ1) is 18.6. The largest absolute Gasteiger partial charge is 0.336 e. The van der Waals surface area contributed by atoms with Crippen LogP contribution in [-0.4, -0.2) is 63.0 Å². The van der Waals surface area contributed by atoms with Crippen LogP contribution in [0.2, 0.25) is 0 Å². The van der Waals surface area contributed by atoms with Crippen LogP contribution < -0.4 is 0 Å². The van der Waals surface area contributed by atoms with E-state index in [0.29, 0.717) is 22.9 Å². The van der Waals surface area contributed by atoms with Crippen molar-refractivity contribution in [3.05, 3.63) is 46.1 Å². The van der Waals surface area contributed by atoms with Crippen LogP contribution in [0, 0.1) is 10.1 Å². The first-order chi connectivity index (χ1) is 13.6. The molecule has 1 saturated heterocycles. The highest BCUT2D eigenvalue weighted by Crippen LogP contribution is 2.26. The molecule has 8 nitrogen and oxygen atoms in total. The van der Waals surface area contributed by atoms with Gasteiger partial charge in [-0.15, -0.1) is 0 Å². The number of nitrogens with zero attached hydrogens (tertiary/aromatic N) is 4. The normalized spacial score (nSPS) is 18.9. The molecule has 1 N–H and O–H groups in total. The summed E-state index contributed by atoms with van der Waals surface area (Å²) >= 11 is 0. The summed E-state index contributed by atoms with van der Waals surface area (Å²) in [7, 11) is 0. The van der Waals surface area contributed by atoms with Gasteiger partial charge in [-0.1, -0.05) is 19.3 Å². The number of rotatable bonds is 4. The number of aromatic nitrogens is 2. The van der Waals surface area contributed by atoms with Crippen molar-refractivity contribution in [2.75, 3.05) is 26.2 Å². The van der Waals surface area contributed by atoms with Gasteiger partial charge in [0.2, 0.25) is 0 Å². The van der Waals surface area contributed by atoms with E-state index in [2.05, 4.69) is 15.1 Å². The Labute approximate surface area is 163 Å². The maximum atomic E-state index is 13.1. The summed E-state index contributed by atoms with van der Waals surface area (Å²) in [6.07, 6.45) is 8.09. The third-order valence-corrected chi connectivity index (χ3v) is 5.93. The molecule has 2 heterocycles. The quantitative estimate of drug-likeness (QED) is 0.647. The molecule has 0 atom stereocenters. The molecule has 2 aromatic rings. The van der Waals surface area contributed by atoms with Crippen LogP contribution in [0.1, 0.15) is 42.5 Å². The van der Waals surface area contributed by atoms with Crippen LogP contribution in [0.4, 0.5) is 5.69 Å². The van der Waals surface area contributed by atoms with Crippen LogP contribution in [0.25, 0.3) is 11.3 Å². The summed E-state index contributed by atoms with van der Waals surface area (Å²) in [5, 5.41) is 17.8. The first-order valence-electron chi connectivity index (χ1n) is 9.95. The van der Waals surface area contributed by atoms with E-state index in [1.165, 1.54) is 44.2 Å². The van der Waals surface area contributed by atoms with Crippen molar-refractivity contribution in [1.82, 2.24) is 20.0 Å². The van der Waals surface area contributed by atoms with E-state index in [0.717, 1.165) is 26.2 Å². The number of carbonyl (C=O) groups excluding carboxylic acids is 1. The molecule has 0 radical (unpaired) electrons. The van der Waals surface area contributed by atoms with Crippen molar-refractivity contribution >= 4 is 11.6 Å². The van der Waals surface area contributed by atoms with Crippen molar-refractivity contribution in [2.45, 2.75) is 38.1 Å². The number of hydrogen-bond acceptors (Lipinski definition) is 5. The molecule has 0 spiro atoms. The Morgan fingerprint density at radius 3 is 2.39 bits per heavy atom.